The first-order valence-corrected chi connectivity index (χ1v) is 7.06. The zero-order valence-electron chi connectivity index (χ0n) is 12.6. The van der Waals surface area contributed by atoms with Crippen molar-refractivity contribution in [2.24, 2.45) is 5.73 Å². The Morgan fingerprint density at radius 1 is 1.38 bits per heavy atom. The third-order valence-corrected chi connectivity index (χ3v) is 3.26. The van der Waals surface area contributed by atoms with E-state index in [9.17, 15) is 9.82 Å². The summed E-state index contributed by atoms with van der Waals surface area (Å²) in [5.41, 5.74) is 6.81. The average molecular weight is 295 g/mol. The summed E-state index contributed by atoms with van der Waals surface area (Å²) in [4.78, 5) is 11.0. The van der Waals surface area contributed by atoms with E-state index < -0.39 is 25.0 Å². The molecule has 0 amide bonds. The molecule has 2 atom stereocenters. The first kappa shape index (κ1) is 17.5. The monoisotopic (exact) mass is 295 g/mol. The van der Waals surface area contributed by atoms with Crippen LogP contribution >= 0.6 is 0 Å². The number of aliphatic carboxylic acids is 1. The van der Waals surface area contributed by atoms with Crippen LogP contribution < -0.4 is 15.9 Å². The maximum Gasteiger partial charge on any atom is 0.495 e. The van der Waals surface area contributed by atoms with E-state index in [0.717, 1.165) is 0 Å². The van der Waals surface area contributed by atoms with Crippen LogP contribution in [0.15, 0.2) is 18.2 Å². The Bertz CT molecular complexity index is 482. The fraction of sp³-hybridized carbons (Fsp3) is 0.500. The van der Waals surface area contributed by atoms with Crippen molar-refractivity contribution in [2.45, 2.75) is 32.7 Å². The molecule has 4 N–H and O–H groups in total. The molecule has 0 bridgehead atoms. The van der Waals surface area contributed by atoms with E-state index in [1.807, 2.05) is 13.8 Å². The summed E-state index contributed by atoms with van der Waals surface area (Å²) in [7, 11) is -1.06. The molecule has 0 saturated carbocycles. The third kappa shape index (κ3) is 3.97. The van der Waals surface area contributed by atoms with Crippen LogP contribution in [0.25, 0.3) is 0 Å². The van der Waals surface area contributed by atoms with Crippen LogP contribution in [0.5, 0.6) is 5.75 Å². The number of fused-ring (bicyclic) bond motifs is 1. The van der Waals surface area contributed by atoms with Gasteiger partial charge in [-0.2, -0.15) is 0 Å². The summed E-state index contributed by atoms with van der Waals surface area (Å²) in [5, 5.41) is 18.8. The number of hydrogen-bond acceptors (Lipinski definition) is 5. The smallest absolute Gasteiger partial charge is 0.491 e. The molecule has 1 aliphatic heterocycles. The van der Waals surface area contributed by atoms with Gasteiger partial charge in [0.15, 0.2) is 0 Å². The number of ether oxygens (including phenoxy) is 1. The Hall–Kier alpha value is -1.57. The third-order valence-electron chi connectivity index (χ3n) is 3.26. The van der Waals surface area contributed by atoms with Gasteiger partial charge in [0.1, 0.15) is 18.4 Å². The van der Waals surface area contributed by atoms with Crippen molar-refractivity contribution in [3.05, 3.63) is 23.8 Å². The molecule has 1 aromatic carbocycles. The van der Waals surface area contributed by atoms with Crippen molar-refractivity contribution in [2.75, 3.05) is 13.2 Å². The number of nitrogens with two attached hydrogens (primary N) is 1. The lowest BCUT2D eigenvalue weighted by Gasteiger charge is -2.21. The lowest BCUT2D eigenvalue weighted by Crippen LogP contribution is -2.37. The lowest BCUT2D eigenvalue weighted by molar-refractivity contribution is -0.139. The van der Waals surface area contributed by atoms with Crippen molar-refractivity contribution in [3.63, 3.8) is 0 Å². The number of carbonyl (C=O) groups is 1. The highest BCUT2D eigenvalue weighted by Gasteiger charge is 2.30. The SMILES string of the molecule is CC.CC(c1cccc2c1OCCOB2O)C(N)C(=O)O. The molecule has 7 heteroatoms. The van der Waals surface area contributed by atoms with Crippen molar-refractivity contribution in [1.82, 2.24) is 0 Å². The highest BCUT2D eigenvalue weighted by Crippen LogP contribution is 2.28. The van der Waals surface area contributed by atoms with Crippen molar-refractivity contribution in [1.29, 1.82) is 0 Å². The summed E-state index contributed by atoms with van der Waals surface area (Å²) in [6.07, 6.45) is 0. The van der Waals surface area contributed by atoms with Gasteiger partial charge in [0.2, 0.25) is 0 Å². The van der Waals surface area contributed by atoms with Crippen LogP contribution in [0.3, 0.4) is 0 Å². The second kappa shape index (κ2) is 8.02. The van der Waals surface area contributed by atoms with Gasteiger partial charge in [0.25, 0.3) is 0 Å². The minimum Gasteiger partial charge on any atom is -0.491 e. The molecule has 0 saturated heterocycles. The summed E-state index contributed by atoms with van der Waals surface area (Å²) in [6, 6.07) is 4.13. The predicted octanol–water partition coefficient (Wildman–Crippen LogP) is 0.325. The second-order valence-corrected chi connectivity index (χ2v) is 4.49. The van der Waals surface area contributed by atoms with Crippen LogP contribution in [-0.2, 0) is 9.45 Å². The van der Waals surface area contributed by atoms with Gasteiger partial charge in [-0.05, 0) is 5.56 Å². The highest BCUT2D eigenvalue weighted by molar-refractivity contribution is 6.61. The second-order valence-electron chi connectivity index (χ2n) is 4.49. The molecule has 1 aliphatic rings. The average Bonchev–Trinajstić information content (AvgIpc) is 2.69. The summed E-state index contributed by atoms with van der Waals surface area (Å²) >= 11 is 0. The number of rotatable bonds is 3. The highest BCUT2D eigenvalue weighted by atomic mass is 16.6. The normalized spacial score (nSPS) is 16.5. The molecular weight excluding hydrogens is 273 g/mol. The van der Waals surface area contributed by atoms with Crippen molar-refractivity contribution < 1.29 is 24.3 Å². The number of para-hydroxylation sites is 1. The van der Waals surface area contributed by atoms with Gasteiger partial charge in [-0.3, -0.25) is 4.79 Å². The molecule has 2 unspecified atom stereocenters. The molecule has 1 heterocycles. The van der Waals surface area contributed by atoms with Gasteiger partial charge >= 0.3 is 13.1 Å². The molecule has 1 aromatic rings. The Balaban J connectivity index is 0.00000106. The van der Waals surface area contributed by atoms with E-state index >= 15 is 0 Å². The largest absolute Gasteiger partial charge is 0.495 e. The summed E-state index contributed by atoms with van der Waals surface area (Å²) < 4.78 is 10.7. The molecule has 0 radical (unpaired) electrons. The number of carboxylic acids is 1. The summed E-state index contributed by atoms with van der Waals surface area (Å²) in [5.74, 6) is -1.04. The van der Waals surface area contributed by atoms with E-state index in [-0.39, 0.29) is 6.61 Å². The molecular formula is C14H22BNO5. The Kier molecular flexibility index (Phi) is 6.68. The number of carboxylic acid groups (broad SMARTS) is 1. The van der Waals surface area contributed by atoms with E-state index in [2.05, 4.69) is 0 Å². The van der Waals surface area contributed by atoms with Crippen LogP contribution in [-0.4, -0.2) is 42.5 Å². The van der Waals surface area contributed by atoms with E-state index in [1.165, 1.54) is 0 Å². The Labute approximate surface area is 125 Å². The molecule has 116 valence electrons. The topological polar surface area (TPSA) is 102 Å². The van der Waals surface area contributed by atoms with Gasteiger partial charge in [0, 0.05) is 11.4 Å². The predicted molar refractivity (Wildman–Crippen MR) is 80.9 cm³/mol. The zero-order chi connectivity index (χ0) is 16.0. The number of benzene rings is 1. The van der Waals surface area contributed by atoms with Crippen molar-refractivity contribution >= 4 is 18.6 Å². The van der Waals surface area contributed by atoms with Crippen LogP contribution in [0.2, 0.25) is 0 Å². The van der Waals surface area contributed by atoms with Gasteiger partial charge in [-0.1, -0.05) is 39.0 Å². The zero-order valence-corrected chi connectivity index (χ0v) is 12.6. The molecule has 0 fully saturated rings. The maximum absolute atomic E-state index is 11.0. The van der Waals surface area contributed by atoms with Gasteiger partial charge in [0.05, 0.1) is 6.61 Å². The molecule has 21 heavy (non-hydrogen) atoms. The Morgan fingerprint density at radius 2 is 2.05 bits per heavy atom. The minimum atomic E-state index is -1.07. The van der Waals surface area contributed by atoms with Gasteiger partial charge in [-0.25, -0.2) is 0 Å². The quantitative estimate of drug-likeness (QED) is 0.694. The molecule has 2 rings (SSSR count). The Morgan fingerprint density at radius 3 is 2.67 bits per heavy atom. The van der Waals surface area contributed by atoms with Gasteiger partial charge < -0.3 is 25.3 Å². The fourth-order valence-corrected chi connectivity index (χ4v) is 2.09. The maximum atomic E-state index is 11.0. The molecule has 0 aliphatic carbocycles. The molecule has 6 nitrogen and oxygen atoms in total. The van der Waals surface area contributed by atoms with Crippen LogP contribution in [0, 0.1) is 0 Å². The molecule has 0 spiro atoms. The fourth-order valence-electron chi connectivity index (χ4n) is 2.09. The van der Waals surface area contributed by atoms with Crippen LogP contribution in [0.4, 0.5) is 0 Å². The van der Waals surface area contributed by atoms with Crippen LogP contribution in [0.1, 0.15) is 32.3 Å². The van der Waals surface area contributed by atoms with Crippen molar-refractivity contribution in [3.8, 4) is 5.75 Å². The van der Waals surface area contributed by atoms with E-state index in [0.29, 0.717) is 23.4 Å². The van der Waals surface area contributed by atoms with Gasteiger partial charge in [-0.15, -0.1) is 0 Å². The first-order chi connectivity index (χ1) is 10.0. The van der Waals surface area contributed by atoms with E-state index in [4.69, 9.17) is 20.2 Å². The molecule has 0 aromatic heterocycles. The lowest BCUT2D eigenvalue weighted by atomic mass is 9.76. The van der Waals surface area contributed by atoms with E-state index in [1.54, 1.807) is 25.1 Å². The minimum absolute atomic E-state index is 0.272. The first-order valence-electron chi connectivity index (χ1n) is 7.06. The summed E-state index contributed by atoms with van der Waals surface area (Å²) in [6.45, 7) is 6.29. The standard InChI is InChI=1S/C12H16BNO5.C2H6/c1-7(10(14)12(15)16)8-3-2-4-9-11(8)18-5-6-19-13(9)17;1-2/h2-4,7,10,17H,5-6,14H2,1H3,(H,15,16);1-2H3. The number of hydrogen-bond donors (Lipinski definition) is 3.